The maximum Gasteiger partial charge on any atom is 0.322 e. The summed E-state index contributed by atoms with van der Waals surface area (Å²) in [6, 6.07) is -1.33. The first-order valence-corrected chi connectivity index (χ1v) is 7.46. The Kier molecular flexibility index (Phi) is 11.7. The van der Waals surface area contributed by atoms with Gasteiger partial charge in [-0.1, -0.05) is 0 Å². The third kappa shape index (κ3) is 8.93. The summed E-state index contributed by atoms with van der Waals surface area (Å²) in [5.74, 6) is -0.886. The molecule has 0 fully saturated rings. The first-order valence-electron chi connectivity index (χ1n) is 7.46. The van der Waals surface area contributed by atoms with Gasteiger partial charge in [0, 0.05) is 19.7 Å². The summed E-state index contributed by atoms with van der Waals surface area (Å²) in [6.07, 6.45) is 2.43. The van der Waals surface area contributed by atoms with Crippen LogP contribution in [0, 0.1) is 0 Å². The van der Waals surface area contributed by atoms with Crippen LogP contribution in [-0.4, -0.2) is 74.5 Å². The van der Waals surface area contributed by atoms with Gasteiger partial charge in [0.2, 0.25) is 0 Å². The molecule has 0 aliphatic heterocycles. The van der Waals surface area contributed by atoms with Crippen LogP contribution >= 0.6 is 0 Å². The topological polar surface area (TPSA) is 128 Å². The second kappa shape index (κ2) is 12.3. The zero-order chi connectivity index (χ0) is 17.0. The number of aliphatic hydroxyl groups excluding tert-OH is 1. The molecule has 0 saturated heterocycles. The zero-order valence-corrected chi connectivity index (χ0v) is 13.5. The van der Waals surface area contributed by atoms with E-state index >= 15 is 0 Å². The third-order valence-corrected chi connectivity index (χ3v) is 3.40. The van der Waals surface area contributed by atoms with Gasteiger partial charge in [-0.2, -0.15) is 0 Å². The highest BCUT2D eigenvalue weighted by molar-refractivity contribution is 5.75. The number of ether oxygens (including phenoxy) is 2. The van der Waals surface area contributed by atoms with E-state index < -0.39 is 24.0 Å². The number of unbranched alkanes of at least 4 members (excludes halogenated alkanes) is 1. The summed E-state index contributed by atoms with van der Waals surface area (Å²) in [5.41, 5.74) is 11.4. The lowest BCUT2D eigenvalue weighted by atomic mass is 10.1. The van der Waals surface area contributed by atoms with Crippen LogP contribution in [0.25, 0.3) is 0 Å². The van der Waals surface area contributed by atoms with E-state index in [0.29, 0.717) is 32.4 Å². The largest absolute Gasteiger partial charge is 0.468 e. The van der Waals surface area contributed by atoms with Crippen molar-refractivity contribution in [1.82, 2.24) is 4.90 Å². The lowest BCUT2D eigenvalue weighted by molar-refractivity contribution is -0.143. The average Bonchev–Trinajstić information content (AvgIpc) is 2.54. The fraction of sp³-hybridized carbons (Fsp3) is 0.857. The van der Waals surface area contributed by atoms with Crippen molar-refractivity contribution in [3.63, 3.8) is 0 Å². The smallest absolute Gasteiger partial charge is 0.322 e. The number of carbonyl (C=O) groups excluding carboxylic acids is 2. The van der Waals surface area contributed by atoms with Crippen LogP contribution in [0.4, 0.5) is 0 Å². The molecular formula is C14H29N3O5. The summed E-state index contributed by atoms with van der Waals surface area (Å²) < 4.78 is 9.18. The monoisotopic (exact) mass is 319 g/mol. The van der Waals surface area contributed by atoms with Gasteiger partial charge >= 0.3 is 11.9 Å². The number of methoxy groups -OCH3 is 2. The van der Waals surface area contributed by atoms with Gasteiger partial charge in [-0.05, 0) is 32.2 Å². The number of hydrogen-bond acceptors (Lipinski definition) is 8. The van der Waals surface area contributed by atoms with Crippen LogP contribution in [-0.2, 0) is 19.1 Å². The Morgan fingerprint density at radius 3 is 1.77 bits per heavy atom. The summed E-state index contributed by atoms with van der Waals surface area (Å²) in [6.45, 7) is 2.06. The lowest BCUT2D eigenvalue weighted by Gasteiger charge is -2.24. The normalized spacial score (nSPS) is 13.7. The summed E-state index contributed by atoms with van der Waals surface area (Å²) in [7, 11) is 2.60. The fourth-order valence-electron chi connectivity index (χ4n) is 1.96. The standard InChI is InChI=1S/C14H29N3O5/c1-21-13(19)11(15)5-8-17(7-3-4-10-18)9-6-12(16)14(20)22-2/h11-12,18H,3-10,15-16H2,1-2H3. The maximum absolute atomic E-state index is 11.3. The van der Waals surface area contributed by atoms with Gasteiger partial charge in [-0.15, -0.1) is 0 Å². The first kappa shape index (κ1) is 20.8. The minimum Gasteiger partial charge on any atom is -0.468 e. The van der Waals surface area contributed by atoms with Crippen molar-refractivity contribution in [2.75, 3.05) is 40.5 Å². The van der Waals surface area contributed by atoms with Crippen LogP contribution in [0.15, 0.2) is 0 Å². The second-order valence-corrected chi connectivity index (χ2v) is 5.11. The van der Waals surface area contributed by atoms with Crippen molar-refractivity contribution in [2.45, 2.75) is 37.8 Å². The Morgan fingerprint density at radius 1 is 0.955 bits per heavy atom. The number of carbonyl (C=O) groups is 2. The maximum atomic E-state index is 11.3. The molecule has 0 aromatic rings. The number of esters is 2. The molecular weight excluding hydrogens is 290 g/mol. The van der Waals surface area contributed by atoms with E-state index in [1.807, 2.05) is 0 Å². The van der Waals surface area contributed by atoms with Gasteiger partial charge in [0.05, 0.1) is 14.2 Å². The molecule has 0 heterocycles. The Labute approximate surface area is 131 Å². The van der Waals surface area contributed by atoms with Crippen molar-refractivity contribution >= 4 is 11.9 Å². The molecule has 0 aliphatic rings. The van der Waals surface area contributed by atoms with Crippen LogP contribution < -0.4 is 11.5 Å². The van der Waals surface area contributed by atoms with E-state index in [1.54, 1.807) is 0 Å². The molecule has 0 aromatic heterocycles. The van der Waals surface area contributed by atoms with Gasteiger partial charge in [-0.25, -0.2) is 0 Å². The molecule has 8 nitrogen and oxygen atoms in total. The quantitative estimate of drug-likeness (QED) is 0.304. The lowest BCUT2D eigenvalue weighted by Crippen LogP contribution is -2.40. The molecule has 0 saturated carbocycles. The number of nitrogens with zero attached hydrogens (tertiary/aromatic N) is 1. The van der Waals surface area contributed by atoms with Crippen molar-refractivity contribution in [2.24, 2.45) is 11.5 Å². The van der Waals surface area contributed by atoms with Crippen molar-refractivity contribution < 1.29 is 24.2 Å². The number of hydrogen-bond donors (Lipinski definition) is 3. The Morgan fingerprint density at radius 2 is 1.41 bits per heavy atom. The third-order valence-electron chi connectivity index (χ3n) is 3.40. The van der Waals surface area contributed by atoms with Gasteiger partial charge in [-0.3, -0.25) is 9.59 Å². The molecule has 8 heteroatoms. The van der Waals surface area contributed by atoms with Gasteiger partial charge < -0.3 is 30.9 Å². The number of aliphatic hydroxyl groups is 1. The fourth-order valence-corrected chi connectivity index (χ4v) is 1.96. The van der Waals surface area contributed by atoms with E-state index in [4.69, 9.17) is 16.6 Å². The molecule has 0 radical (unpaired) electrons. The molecule has 0 rings (SSSR count). The molecule has 0 aliphatic carbocycles. The van der Waals surface area contributed by atoms with E-state index in [9.17, 15) is 9.59 Å². The van der Waals surface area contributed by atoms with Crippen molar-refractivity contribution in [1.29, 1.82) is 0 Å². The van der Waals surface area contributed by atoms with E-state index in [1.165, 1.54) is 14.2 Å². The Balaban J connectivity index is 4.30. The van der Waals surface area contributed by atoms with Crippen LogP contribution in [0.1, 0.15) is 25.7 Å². The summed E-state index contributed by atoms with van der Waals surface area (Å²) in [4.78, 5) is 24.7. The summed E-state index contributed by atoms with van der Waals surface area (Å²) >= 11 is 0. The summed E-state index contributed by atoms with van der Waals surface area (Å²) in [5, 5.41) is 8.84. The molecule has 0 aromatic carbocycles. The van der Waals surface area contributed by atoms with Gasteiger partial charge in [0.25, 0.3) is 0 Å². The highest BCUT2D eigenvalue weighted by Gasteiger charge is 2.18. The van der Waals surface area contributed by atoms with E-state index in [-0.39, 0.29) is 6.61 Å². The highest BCUT2D eigenvalue weighted by atomic mass is 16.5. The molecule has 0 bridgehead atoms. The molecule has 130 valence electrons. The minimum atomic E-state index is -0.667. The van der Waals surface area contributed by atoms with Crippen molar-refractivity contribution in [3.05, 3.63) is 0 Å². The predicted octanol–water partition coefficient (Wildman–Crippen LogP) is -1.16. The van der Waals surface area contributed by atoms with E-state index in [2.05, 4.69) is 14.4 Å². The van der Waals surface area contributed by atoms with Crippen LogP contribution in [0.3, 0.4) is 0 Å². The molecule has 2 atom stereocenters. The van der Waals surface area contributed by atoms with Gasteiger partial charge in [0.1, 0.15) is 12.1 Å². The minimum absolute atomic E-state index is 0.136. The predicted molar refractivity (Wildman–Crippen MR) is 82.0 cm³/mol. The molecule has 2 unspecified atom stereocenters. The second-order valence-electron chi connectivity index (χ2n) is 5.11. The Hall–Kier alpha value is -1.22. The average molecular weight is 319 g/mol. The van der Waals surface area contributed by atoms with Crippen LogP contribution in [0.5, 0.6) is 0 Å². The Bertz CT molecular complexity index is 302. The number of rotatable bonds is 12. The van der Waals surface area contributed by atoms with E-state index in [0.717, 1.165) is 13.0 Å². The SMILES string of the molecule is COC(=O)C(N)CCN(CCCCO)CCC(N)C(=O)OC. The number of nitrogens with two attached hydrogens (primary N) is 2. The molecule has 5 N–H and O–H groups in total. The zero-order valence-electron chi connectivity index (χ0n) is 13.5. The van der Waals surface area contributed by atoms with Gasteiger partial charge in [0.15, 0.2) is 0 Å². The van der Waals surface area contributed by atoms with Crippen molar-refractivity contribution in [3.8, 4) is 0 Å². The van der Waals surface area contributed by atoms with Crippen LogP contribution in [0.2, 0.25) is 0 Å². The first-order chi connectivity index (χ1) is 10.5. The molecule has 0 spiro atoms. The molecule has 22 heavy (non-hydrogen) atoms. The highest BCUT2D eigenvalue weighted by Crippen LogP contribution is 2.03. The molecule has 0 amide bonds.